The molecule has 0 aromatic rings. The van der Waals surface area contributed by atoms with E-state index in [1.807, 2.05) is 27.7 Å². The summed E-state index contributed by atoms with van der Waals surface area (Å²) in [4.78, 5) is 21.2. The summed E-state index contributed by atoms with van der Waals surface area (Å²) in [6.45, 7) is 8.00. The molecule has 2 atom stereocenters. The Morgan fingerprint density at radius 1 is 0.812 bits per heavy atom. The largest absolute Gasteiger partial charge is 0.481 e. The molecule has 0 aromatic carbocycles. The average Bonchev–Trinajstić information content (AvgIpc) is 2.34. The van der Waals surface area contributed by atoms with E-state index >= 15 is 0 Å². The van der Waals surface area contributed by atoms with Crippen LogP contribution in [-0.2, 0) is 9.59 Å². The zero-order valence-electron chi connectivity index (χ0n) is 10.7. The molecule has 4 nitrogen and oxygen atoms in total. The van der Waals surface area contributed by atoms with E-state index in [0.29, 0.717) is 12.8 Å². The molecular formula is C12H24O4. The highest BCUT2D eigenvalue weighted by Crippen LogP contribution is 2.30. The molecule has 4 heteroatoms. The van der Waals surface area contributed by atoms with Crippen molar-refractivity contribution in [2.45, 2.75) is 53.4 Å². The molecule has 1 unspecified atom stereocenters. The minimum absolute atomic E-state index is 0.506. The first-order valence-electron chi connectivity index (χ1n) is 6.08. The third kappa shape index (κ3) is 5.73. The first-order valence-corrected chi connectivity index (χ1v) is 6.08. The lowest BCUT2D eigenvalue weighted by Gasteiger charge is -2.24. The van der Waals surface area contributed by atoms with Gasteiger partial charge in [-0.15, -0.1) is 0 Å². The highest BCUT2D eigenvalue weighted by molar-refractivity contribution is 5.80. The Morgan fingerprint density at radius 2 is 1.06 bits per heavy atom. The first-order chi connectivity index (χ1) is 7.63. The Balaban J connectivity index is 0. The minimum Gasteiger partial charge on any atom is -0.481 e. The molecule has 2 N–H and O–H groups in total. The second-order valence-electron chi connectivity index (χ2n) is 3.17. The van der Waals surface area contributed by atoms with E-state index in [1.165, 1.54) is 0 Å². The smallest absolute Gasteiger partial charge is 0.307 e. The summed E-state index contributed by atoms with van der Waals surface area (Å²) >= 11 is 0. The zero-order chi connectivity index (χ0) is 13.1. The molecule has 0 bridgehead atoms. The molecule has 0 saturated heterocycles. The maximum Gasteiger partial charge on any atom is 0.307 e. The zero-order valence-corrected chi connectivity index (χ0v) is 10.7. The van der Waals surface area contributed by atoms with Crippen LogP contribution in [0, 0.1) is 11.8 Å². The van der Waals surface area contributed by atoms with Crippen LogP contribution in [-0.4, -0.2) is 22.2 Å². The SMILES string of the molecule is CC.CC.O=C(O)C1CCCC[C@@H]1C(=O)O. The van der Waals surface area contributed by atoms with Gasteiger partial charge in [0.25, 0.3) is 0 Å². The van der Waals surface area contributed by atoms with Gasteiger partial charge < -0.3 is 10.2 Å². The van der Waals surface area contributed by atoms with Gasteiger partial charge in [0.1, 0.15) is 0 Å². The number of hydrogen-bond acceptors (Lipinski definition) is 2. The number of carboxylic acid groups (broad SMARTS) is 2. The fraction of sp³-hybridized carbons (Fsp3) is 0.833. The summed E-state index contributed by atoms with van der Waals surface area (Å²) in [6.07, 6.45) is 2.68. The van der Waals surface area contributed by atoms with Crippen LogP contribution in [0.5, 0.6) is 0 Å². The Bertz CT molecular complexity index is 179. The van der Waals surface area contributed by atoms with Crippen LogP contribution >= 0.6 is 0 Å². The molecule has 96 valence electrons. The van der Waals surface area contributed by atoms with Crippen molar-refractivity contribution in [3.05, 3.63) is 0 Å². The minimum atomic E-state index is -0.970. The molecule has 16 heavy (non-hydrogen) atoms. The molecule has 0 spiro atoms. The fourth-order valence-electron chi connectivity index (χ4n) is 1.72. The molecule has 0 aromatic heterocycles. The van der Waals surface area contributed by atoms with Crippen molar-refractivity contribution < 1.29 is 19.8 Å². The normalized spacial score (nSPS) is 23.0. The summed E-state index contributed by atoms with van der Waals surface area (Å²) in [5.41, 5.74) is 0. The van der Waals surface area contributed by atoms with Crippen LogP contribution < -0.4 is 0 Å². The van der Waals surface area contributed by atoms with Crippen molar-refractivity contribution in [3.8, 4) is 0 Å². The highest BCUT2D eigenvalue weighted by atomic mass is 16.4. The van der Waals surface area contributed by atoms with E-state index in [9.17, 15) is 9.59 Å². The van der Waals surface area contributed by atoms with Crippen molar-refractivity contribution >= 4 is 11.9 Å². The van der Waals surface area contributed by atoms with E-state index in [2.05, 4.69) is 0 Å². The molecule has 1 aliphatic rings. The molecule has 0 radical (unpaired) electrons. The Morgan fingerprint density at radius 3 is 1.25 bits per heavy atom. The van der Waals surface area contributed by atoms with Crippen LogP contribution in [0.2, 0.25) is 0 Å². The Kier molecular flexibility index (Phi) is 11.3. The lowest BCUT2D eigenvalue weighted by molar-refractivity contribution is -0.155. The van der Waals surface area contributed by atoms with Gasteiger partial charge in [-0.3, -0.25) is 9.59 Å². The predicted molar refractivity (Wildman–Crippen MR) is 63.4 cm³/mol. The molecular weight excluding hydrogens is 208 g/mol. The second kappa shape index (κ2) is 10.5. The van der Waals surface area contributed by atoms with Crippen molar-refractivity contribution in [3.63, 3.8) is 0 Å². The van der Waals surface area contributed by atoms with Crippen LogP contribution in [0.4, 0.5) is 0 Å². The summed E-state index contributed by atoms with van der Waals surface area (Å²) in [6, 6.07) is 0. The van der Waals surface area contributed by atoms with Crippen LogP contribution in [0.25, 0.3) is 0 Å². The summed E-state index contributed by atoms with van der Waals surface area (Å²) in [5, 5.41) is 17.4. The van der Waals surface area contributed by atoms with E-state index in [1.54, 1.807) is 0 Å². The van der Waals surface area contributed by atoms with Gasteiger partial charge in [0.2, 0.25) is 0 Å². The van der Waals surface area contributed by atoms with Crippen LogP contribution in [0.15, 0.2) is 0 Å². The quantitative estimate of drug-likeness (QED) is 0.767. The van der Waals surface area contributed by atoms with Crippen molar-refractivity contribution in [1.82, 2.24) is 0 Å². The lowest BCUT2D eigenvalue weighted by atomic mass is 9.79. The van der Waals surface area contributed by atoms with Gasteiger partial charge in [-0.25, -0.2) is 0 Å². The molecule has 1 saturated carbocycles. The third-order valence-electron chi connectivity index (χ3n) is 2.40. The molecule has 0 aliphatic heterocycles. The Hall–Kier alpha value is -1.06. The van der Waals surface area contributed by atoms with Gasteiger partial charge in [-0.05, 0) is 12.8 Å². The molecule has 1 aliphatic carbocycles. The van der Waals surface area contributed by atoms with Crippen molar-refractivity contribution in [2.75, 3.05) is 0 Å². The Labute approximate surface area is 97.7 Å². The first kappa shape index (κ1) is 17.3. The molecule has 1 rings (SSSR count). The fourth-order valence-corrected chi connectivity index (χ4v) is 1.72. The van der Waals surface area contributed by atoms with Crippen LogP contribution in [0.1, 0.15) is 53.4 Å². The van der Waals surface area contributed by atoms with Gasteiger partial charge in [0.15, 0.2) is 0 Å². The van der Waals surface area contributed by atoms with Crippen LogP contribution in [0.3, 0.4) is 0 Å². The number of carbonyl (C=O) groups is 2. The molecule has 0 heterocycles. The molecule has 0 amide bonds. The molecule has 1 fully saturated rings. The van der Waals surface area contributed by atoms with E-state index in [-0.39, 0.29) is 0 Å². The highest BCUT2D eigenvalue weighted by Gasteiger charge is 2.35. The van der Waals surface area contributed by atoms with E-state index in [0.717, 1.165) is 12.8 Å². The number of hydrogen-bond donors (Lipinski definition) is 2. The van der Waals surface area contributed by atoms with Gasteiger partial charge in [0, 0.05) is 0 Å². The third-order valence-corrected chi connectivity index (χ3v) is 2.40. The van der Waals surface area contributed by atoms with Crippen molar-refractivity contribution in [2.24, 2.45) is 11.8 Å². The second-order valence-corrected chi connectivity index (χ2v) is 3.17. The van der Waals surface area contributed by atoms with Gasteiger partial charge >= 0.3 is 11.9 Å². The average molecular weight is 232 g/mol. The van der Waals surface area contributed by atoms with Crippen molar-refractivity contribution in [1.29, 1.82) is 0 Å². The van der Waals surface area contributed by atoms with Gasteiger partial charge in [0.05, 0.1) is 11.8 Å². The van der Waals surface area contributed by atoms with E-state index in [4.69, 9.17) is 10.2 Å². The number of rotatable bonds is 2. The lowest BCUT2D eigenvalue weighted by Crippen LogP contribution is -2.32. The summed E-state index contributed by atoms with van der Waals surface area (Å²) in [5.74, 6) is -3.28. The van der Waals surface area contributed by atoms with Gasteiger partial charge in [-0.1, -0.05) is 40.5 Å². The van der Waals surface area contributed by atoms with Gasteiger partial charge in [-0.2, -0.15) is 0 Å². The topological polar surface area (TPSA) is 74.6 Å². The maximum atomic E-state index is 10.6. The standard InChI is InChI=1S/C8H12O4.2C2H6/c9-7(10)5-3-1-2-4-6(5)8(11)12;2*1-2/h5-6H,1-4H2,(H,9,10)(H,11,12);2*1-2H3/t5-,6?;;/m0../s1. The predicted octanol–water partition coefficient (Wildman–Crippen LogP) is 3.01. The van der Waals surface area contributed by atoms with E-state index < -0.39 is 23.8 Å². The number of aliphatic carboxylic acids is 2. The summed E-state index contributed by atoms with van der Waals surface area (Å²) in [7, 11) is 0. The maximum absolute atomic E-state index is 10.6. The monoisotopic (exact) mass is 232 g/mol. The summed E-state index contributed by atoms with van der Waals surface area (Å²) < 4.78 is 0. The number of carboxylic acids is 2.